The van der Waals surface area contributed by atoms with Crippen molar-refractivity contribution in [3.05, 3.63) is 18.2 Å². The van der Waals surface area contributed by atoms with Crippen LogP contribution in [-0.2, 0) is 26.1 Å². The second-order valence-corrected chi connectivity index (χ2v) is 4.97. The molecule has 0 bridgehead atoms. The number of hydrogen-bond acceptors (Lipinski definition) is 5. The Morgan fingerprint density at radius 2 is 2.38 bits per heavy atom. The van der Waals surface area contributed by atoms with Gasteiger partial charge in [0.1, 0.15) is 0 Å². The summed E-state index contributed by atoms with van der Waals surface area (Å²) in [6.45, 7) is 0.128. The van der Waals surface area contributed by atoms with Crippen molar-refractivity contribution in [2.24, 2.45) is 0 Å². The van der Waals surface area contributed by atoms with Gasteiger partial charge in [0.25, 0.3) is 0 Å². The van der Waals surface area contributed by atoms with Gasteiger partial charge in [-0.3, -0.25) is 4.79 Å². The Kier molecular flexibility index (Phi) is 4.44. The maximum absolute atomic E-state index is 11.4. The molecule has 1 rings (SSSR count). The van der Waals surface area contributed by atoms with E-state index in [0.29, 0.717) is 5.69 Å². The van der Waals surface area contributed by atoms with Crippen LogP contribution < -0.4 is 4.72 Å². The van der Waals surface area contributed by atoms with Gasteiger partial charge in [0.15, 0.2) is 0 Å². The molecule has 7 nitrogen and oxygen atoms in total. The van der Waals surface area contributed by atoms with Gasteiger partial charge in [-0.05, 0) is 0 Å². The monoisotopic (exact) mass is 247 g/mol. The van der Waals surface area contributed by atoms with Crippen LogP contribution >= 0.6 is 0 Å². The Morgan fingerprint density at radius 3 is 2.94 bits per heavy atom. The molecule has 0 aliphatic heterocycles. The van der Waals surface area contributed by atoms with Crippen LogP contribution in [0, 0.1) is 0 Å². The van der Waals surface area contributed by atoms with Crippen LogP contribution in [0.1, 0.15) is 12.1 Å². The van der Waals surface area contributed by atoms with Gasteiger partial charge in [-0.2, -0.15) is 0 Å². The number of aromatic amines is 1. The number of hydrogen-bond donors (Lipinski definition) is 2. The van der Waals surface area contributed by atoms with Crippen LogP contribution in [0.25, 0.3) is 0 Å². The van der Waals surface area contributed by atoms with E-state index in [4.69, 9.17) is 0 Å². The maximum atomic E-state index is 11.4. The van der Waals surface area contributed by atoms with Crippen LogP contribution in [0.2, 0.25) is 0 Å². The van der Waals surface area contributed by atoms with E-state index in [1.54, 1.807) is 0 Å². The third kappa shape index (κ3) is 4.41. The number of H-pyrrole nitrogens is 1. The van der Waals surface area contributed by atoms with E-state index in [-0.39, 0.29) is 18.7 Å². The molecular weight excluding hydrogens is 234 g/mol. The number of imidazole rings is 1. The van der Waals surface area contributed by atoms with E-state index in [1.807, 2.05) is 0 Å². The van der Waals surface area contributed by atoms with Gasteiger partial charge >= 0.3 is 5.97 Å². The standard InChI is InChI=1S/C8H13N3O4S/c1-15-8(12)2-3-16(13,14)11-5-7-4-9-6-10-7/h4,6,11H,2-3,5H2,1H3,(H,9,10). The molecule has 0 saturated heterocycles. The lowest BCUT2D eigenvalue weighted by atomic mass is 10.5. The summed E-state index contributed by atoms with van der Waals surface area (Å²) in [5.41, 5.74) is 0.654. The van der Waals surface area contributed by atoms with E-state index in [2.05, 4.69) is 19.4 Å². The van der Waals surface area contributed by atoms with Gasteiger partial charge in [-0.15, -0.1) is 0 Å². The molecule has 16 heavy (non-hydrogen) atoms. The fourth-order valence-corrected chi connectivity index (χ4v) is 1.92. The molecule has 90 valence electrons. The van der Waals surface area contributed by atoms with Crippen molar-refractivity contribution in [3.8, 4) is 0 Å². The minimum atomic E-state index is -3.46. The quantitative estimate of drug-likeness (QED) is 0.653. The first-order chi connectivity index (χ1) is 7.53. The molecule has 2 N–H and O–H groups in total. The molecule has 8 heteroatoms. The Hall–Kier alpha value is -1.41. The van der Waals surface area contributed by atoms with E-state index >= 15 is 0 Å². The second kappa shape index (κ2) is 5.61. The lowest BCUT2D eigenvalue weighted by Crippen LogP contribution is -2.27. The van der Waals surface area contributed by atoms with Gasteiger partial charge in [-0.25, -0.2) is 18.1 Å². The summed E-state index contributed by atoms with van der Waals surface area (Å²) in [7, 11) is -2.25. The van der Waals surface area contributed by atoms with E-state index in [0.717, 1.165) is 0 Å². The zero-order valence-corrected chi connectivity index (χ0v) is 9.58. The first-order valence-corrected chi connectivity index (χ1v) is 6.20. The molecule has 0 saturated carbocycles. The highest BCUT2D eigenvalue weighted by atomic mass is 32.2. The second-order valence-electron chi connectivity index (χ2n) is 3.04. The largest absolute Gasteiger partial charge is 0.469 e. The highest BCUT2D eigenvalue weighted by Gasteiger charge is 2.13. The number of esters is 1. The number of carbonyl (C=O) groups excluding carboxylic acids is 1. The molecule has 0 spiro atoms. The number of carbonyl (C=O) groups is 1. The van der Waals surface area contributed by atoms with Gasteiger partial charge in [0, 0.05) is 11.9 Å². The number of ether oxygens (including phenoxy) is 1. The summed E-state index contributed by atoms with van der Waals surface area (Å²) in [5, 5.41) is 0. The van der Waals surface area contributed by atoms with Crippen molar-refractivity contribution >= 4 is 16.0 Å². The molecule has 1 aromatic rings. The summed E-state index contributed by atoms with van der Waals surface area (Å²) >= 11 is 0. The predicted molar refractivity (Wildman–Crippen MR) is 55.8 cm³/mol. The van der Waals surface area contributed by atoms with Gasteiger partial charge < -0.3 is 9.72 Å². The molecule has 0 unspecified atom stereocenters. The van der Waals surface area contributed by atoms with Crippen LogP contribution in [-0.4, -0.2) is 37.2 Å². The van der Waals surface area contributed by atoms with E-state index in [1.165, 1.54) is 19.6 Å². The molecule has 0 radical (unpaired) electrons. The highest BCUT2D eigenvalue weighted by Crippen LogP contribution is 1.95. The molecule has 0 aliphatic rings. The molecule has 0 amide bonds. The van der Waals surface area contributed by atoms with E-state index in [9.17, 15) is 13.2 Å². The van der Waals surface area contributed by atoms with Gasteiger partial charge in [0.2, 0.25) is 10.0 Å². The summed E-state index contributed by atoms with van der Waals surface area (Å²) in [5.74, 6) is -0.833. The summed E-state index contributed by atoms with van der Waals surface area (Å²) in [6.07, 6.45) is 2.82. The molecule has 0 aliphatic carbocycles. The average Bonchev–Trinajstić information content (AvgIpc) is 2.76. The third-order valence-corrected chi connectivity index (χ3v) is 3.17. The average molecular weight is 247 g/mol. The smallest absolute Gasteiger partial charge is 0.306 e. The lowest BCUT2D eigenvalue weighted by molar-refractivity contribution is -0.140. The molecule has 1 heterocycles. The number of nitrogens with one attached hydrogen (secondary N) is 2. The number of aromatic nitrogens is 2. The number of methoxy groups -OCH3 is 1. The Balaban J connectivity index is 2.37. The molecule has 1 aromatic heterocycles. The minimum absolute atomic E-state index is 0.128. The zero-order valence-electron chi connectivity index (χ0n) is 8.76. The Morgan fingerprint density at radius 1 is 1.62 bits per heavy atom. The number of rotatable bonds is 6. The van der Waals surface area contributed by atoms with Crippen LogP contribution in [0.15, 0.2) is 12.5 Å². The molecular formula is C8H13N3O4S. The summed E-state index contributed by atoms with van der Waals surface area (Å²) in [6, 6.07) is 0. The van der Waals surface area contributed by atoms with Crippen LogP contribution in [0.4, 0.5) is 0 Å². The number of sulfonamides is 1. The van der Waals surface area contributed by atoms with Crippen molar-refractivity contribution in [2.75, 3.05) is 12.9 Å². The third-order valence-electron chi connectivity index (χ3n) is 1.84. The van der Waals surface area contributed by atoms with Crippen LogP contribution in [0.3, 0.4) is 0 Å². The molecule has 0 aromatic carbocycles. The number of nitrogens with zero attached hydrogens (tertiary/aromatic N) is 1. The Labute approximate surface area is 93.3 Å². The van der Waals surface area contributed by atoms with Gasteiger partial charge in [-0.1, -0.05) is 0 Å². The normalized spacial score (nSPS) is 11.3. The highest BCUT2D eigenvalue weighted by molar-refractivity contribution is 7.89. The summed E-state index contributed by atoms with van der Waals surface area (Å²) < 4.78 is 29.5. The summed E-state index contributed by atoms with van der Waals surface area (Å²) in [4.78, 5) is 17.3. The van der Waals surface area contributed by atoms with Crippen LogP contribution in [0.5, 0.6) is 0 Å². The van der Waals surface area contributed by atoms with Crippen molar-refractivity contribution < 1.29 is 17.9 Å². The first kappa shape index (κ1) is 12.7. The predicted octanol–water partition coefficient (Wildman–Crippen LogP) is -0.608. The fraction of sp³-hybridized carbons (Fsp3) is 0.500. The van der Waals surface area contributed by atoms with Gasteiger partial charge in [0.05, 0.1) is 32.2 Å². The first-order valence-electron chi connectivity index (χ1n) is 4.55. The molecule has 0 fully saturated rings. The van der Waals surface area contributed by atoms with Crippen molar-refractivity contribution in [2.45, 2.75) is 13.0 Å². The molecule has 0 atom stereocenters. The van der Waals surface area contributed by atoms with Crippen molar-refractivity contribution in [3.63, 3.8) is 0 Å². The SMILES string of the molecule is COC(=O)CCS(=O)(=O)NCc1cnc[nH]1. The Bertz CT molecular complexity index is 426. The lowest BCUT2D eigenvalue weighted by Gasteiger charge is -2.04. The maximum Gasteiger partial charge on any atom is 0.306 e. The van der Waals surface area contributed by atoms with Crippen molar-refractivity contribution in [1.82, 2.24) is 14.7 Å². The zero-order chi connectivity index (χ0) is 12.0. The van der Waals surface area contributed by atoms with Crippen molar-refractivity contribution in [1.29, 1.82) is 0 Å². The topological polar surface area (TPSA) is 101 Å². The minimum Gasteiger partial charge on any atom is -0.469 e. The van der Waals surface area contributed by atoms with E-state index < -0.39 is 16.0 Å². The fourth-order valence-electron chi connectivity index (χ4n) is 0.961.